The Morgan fingerprint density at radius 2 is 1.86 bits per heavy atom. The van der Waals surface area contributed by atoms with E-state index in [0.717, 1.165) is 12.1 Å². The van der Waals surface area contributed by atoms with Crippen LogP contribution in [0.25, 0.3) is 11.0 Å². The van der Waals surface area contributed by atoms with Gasteiger partial charge in [-0.2, -0.15) is 13.2 Å². The monoisotopic (exact) mass is 310 g/mol. The van der Waals surface area contributed by atoms with Crippen LogP contribution in [0.4, 0.5) is 13.2 Å². The Bertz CT molecular complexity index is 797. The molecule has 2 aromatic carbocycles. The highest BCUT2D eigenvalue weighted by Crippen LogP contribution is 2.29. The zero-order chi connectivity index (χ0) is 15.7. The van der Waals surface area contributed by atoms with Crippen LogP contribution in [-0.2, 0) is 12.8 Å². The highest BCUT2D eigenvalue weighted by molar-refractivity contribution is 5.72. The molecule has 0 spiro atoms. The summed E-state index contributed by atoms with van der Waals surface area (Å²) in [5.41, 5.74) is 0.481. The summed E-state index contributed by atoms with van der Waals surface area (Å²) in [4.78, 5) is 0.273. The molecule has 0 aliphatic rings. The Labute approximate surface area is 122 Å². The normalized spacial score (nSPS) is 11.8. The van der Waals surface area contributed by atoms with Crippen molar-refractivity contribution in [3.63, 3.8) is 0 Å². The Morgan fingerprint density at radius 3 is 2.55 bits per heavy atom. The second-order valence-electron chi connectivity index (χ2n) is 4.56. The van der Waals surface area contributed by atoms with Crippen molar-refractivity contribution in [1.82, 2.24) is 5.16 Å². The number of ether oxygens (including phenoxy) is 1. The molecule has 3 rings (SSSR count). The minimum absolute atomic E-state index is 0.0961. The minimum atomic E-state index is -4.36. The first kappa shape index (κ1) is 14.2. The molecule has 114 valence electrons. The van der Waals surface area contributed by atoms with E-state index >= 15 is 0 Å². The molecule has 0 saturated heterocycles. The third-order valence-electron chi connectivity index (χ3n) is 3.04. The van der Waals surface area contributed by atoms with Crippen molar-refractivity contribution in [2.24, 2.45) is 0 Å². The summed E-state index contributed by atoms with van der Waals surface area (Å²) < 4.78 is 47.2. The molecule has 0 aliphatic carbocycles. The van der Waals surface area contributed by atoms with Gasteiger partial charge in [-0.15, -0.1) is 0 Å². The van der Waals surface area contributed by atoms with Gasteiger partial charge in [-0.3, -0.25) is 4.63 Å². The lowest BCUT2D eigenvalue weighted by molar-refractivity contribution is -0.782. The quantitative estimate of drug-likeness (QED) is 0.698. The predicted molar refractivity (Wildman–Crippen MR) is 68.7 cm³/mol. The summed E-state index contributed by atoms with van der Waals surface area (Å²) in [6.07, 6.45) is -4.36. The summed E-state index contributed by atoms with van der Waals surface area (Å²) in [7, 11) is 0. The number of hydrogen-bond acceptors (Lipinski definition) is 4. The molecule has 22 heavy (non-hydrogen) atoms. The molecule has 0 aliphatic heterocycles. The van der Waals surface area contributed by atoms with Crippen molar-refractivity contribution < 1.29 is 27.4 Å². The van der Waals surface area contributed by atoms with E-state index in [2.05, 4.69) is 9.79 Å². The maximum atomic E-state index is 12.4. The number of benzene rings is 2. The fraction of sp³-hybridized carbons (Fsp3) is 0.143. The first-order valence-electron chi connectivity index (χ1n) is 6.22. The van der Waals surface area contributed by atoms with Gasteiger partial charge in [0.1, 0.15) is 12.4 Å². The molecule has 3 aromatic rings. The van der Waals surface area contributed by atoms with Gasteiger partial charge in [0.05, 0.1) is 5.56 Å². The van der Waals surface area contributed by atoms with E-state index in [1.165, 1.54) is 24.3 Å². The fourth-order valence-electron chi connectivity index (χ4n) is 1.90. The first-order valence-corrected chi connectivity index (χ1v) is 6.22. The van der Waals surface area contributed by atoms with E-state index in [1.54, 1.807) is 6.07 Å². The van der Waals surface area contributed by atoms with Crippen molar-refractivity contribution in [2.45, 2.75) is 12.8 Å². The third-order valence-corrected chi connectivity index (χ3v) is 3.04. The SMILES string of the molecule is [O-][n+]1onc2cc(OCc3ccc(C(F)(F)F)cc3)ccc21. The Hall–Kier alpha value is -2.77. The van der Waals surface area contributed by atoms with Gasteiger partial charge in [-0.25, -0.2) is 0 Å². The van der Waals surface area contributed by atoms with Gasteiger partial charge in [0.2, 0.25) is 5.52 Å². The number of rotatable bonds is 3. The second-order valence-corrected chi connectivity index (χ2v) is 4.56. The van der Waals surface area contributed by atoms with Gasteiger partial charge >= 0.3 is 6.18 Å². The van der Waals surface area contributed by atoms with Crippen LogP contribution in [0.2, 0.25) is 0 Å². The molecular formula is C14H9F3N2O3. The number of hydrogen-bond donors (Lipinski definition) is 0. The molecule has 0 unspecified atom stereocenters. The molecule has 0 saturated carbocycles. The molecule has 1 heterocycles. The molecule has 5 nitrogen and oxygen atoms in total. The summed E-state index contributed by atoms with van der Waals surface area (Å²) in [6, 6.07) is 9.25. The van der Waals surface area contributed by atoms with Gasteiger partial charge in [-0.05, 0) is 34.7 Å². The number of alkyl halides is 3. The highest BCUT2D eigenvalue weighted by atomic mass is 19.4. The lowest BCUT2D eigenvalue weighted by Crippen LogP contribution is -2.22. The number of halogens is 3. The Kier molecular flexibility index (Phi) is 3.36. The average Bonchev–Trinajstić information content (AvgIpc) is 2.86. The molecule has 0 amide bonds. The average molecular weight is 310 g/mol. The van der Waals surface area contributed by atoms with Crippen molar-refractivity contribution in [2.75, 3.05) is 0 Å². The van der Waals surface area contributed by atoms with E-state index in [9.17, 15) is 18.4 Å². The van der Waals surface area contributed by atoms with Gasteiger partial charge in [0, 0.05) is 11.2 Å². The van der Waals surface area contributed by atoms with Gasteiger partial charge in [0.25, 0.3) is 5.52 Å². The van der Waals surface area contributed by atoms with Crippen molar-refractivity contribution >= 4 is 11.0 Å². The van der Waals surface area contributed by atoms with Gasteiger partial charge < -0.3 is 9.94 Å². The lowest BCUT2D eigenvalue weighted by atomic mass is 10.1. The summed E-state index contributed by atoms with van der Waals surface area (Å²) in [6.45, 7) is 0.0961. The van der Waals surface area contributed by atoms with Crippen molar-refractivity contribution in [3.8, 4) is 5.75 Å². The molecule has 0 fully saturated rings. The van der Waals surface area contributed by atoms with Crippen LogP contribution in [0.15, 0.2) is 47.1 Å². The molecule has 0 N–H and O–H groups in total. The molecule has 8 heteroatoms. The smallest absolute Gasteiger partial charge is 0.416 e. The van der Waals surface area contributed by atoms with Crippen LogP contribution in [0.1, 0.15) is 11.1 Å². The topological polar surface area (TPSA) is 62.2 Å². The minimum Gasteiger partial charge on any atom is -0.489 e. The van der Waals surface area contributed by atoms with E-state index < -0.39 is 11.7 Å². The summed E-state index contributed by atoms with van der Waals surface area (Å²) in [5, 5.41) is 14.7. The second kappa shape index (κ2) is 5.21. The van der Waals surface area contributed by atoms with Crippen molar-refractivity contribution in [3.05, 3.63) is 58.8 Å². The van der Waals surface area contributed by atoms with E-state index in [-0.39, 0.29) is 17.0 Å². The fourth-order valence-corrected chi connectivity index (χ4v) is 1.90. The highest BCUT2D eigenvalue weighted by Gasteiger charge is 2.29. The largest absolute Gasteiger partial charge is 0.489 e. The number of nitrogens with zero attached hydrogens (tertiary/aromatic N) is 2. The van der Waals surface area contributed by atoms with Crippen molar-refractivity contribution in [1.29, 1.82) is 0 Å². The standard InChI is InChI=1S/C14H9F3N2O3/c15-14(16,17)10-3-1-9(2-4-10)8-21-11-5-6-13-12(7-11)18-22-19(13)20/h1-7H,8H2. The molecular weight excluding hydrogens is 301 g/mol. The summed E-state index contributed by atoms with van der Waals surface area (Å²) >= 11 is 0. The summed E-state index contributed by atoms with van der Waals surface area (Å²) in [5.74, 6) is 0.432. The first-order chi connectivity index (χ1) is 10.4. The van der Waals surface area contributed by atoms with Gasteiger partial charge in [-0.1, -0.05) is 12.1 Å². The van der Waals surface area contributed by atoms with Crippen LogP contribution in [-0.4, -0.2) is 5.16 Å². The van der Waals surface area contributed by atoms with Crippen LogP contribution in [0.5, 0.6) is 5.75 Å². The van der Waals surface area contributed by atoms with Crippen LogP contribution in [0.3, 0.4) is 0 Å². The van der Waals surface area contributed by atoms with Gasteiger partial charge in [0.15, 0.2) is 0 Å². The Balaban J connectivity index is 1.70. The van der Waals surface area contributed by atoms with Crippen LogP contribution >= 0.6 is 0 Å². The maximum Gasteiger partial charge on any atom is 0.416 e. The van der Waals surface area contributed by atoms with E-state index in [4.69, 9.17) is 4.74 Å². The molecule has 0 bridgehead atoms. The molecule has 0 atom stereocenters. The Morgan fingerprint density at radius 1 is 1.14 bits per heavy atom. The number of fused-ring (bicyclic) bond motifs is 1. The number of aromatic nitrogens is 2. The lowest BCUT2D eigenvalue weighted by Gasteiger charge is -2.08. The van der Waals surface area contributed by atoms with E-state index in [0.29, 0.717) is 16.8 Å². The zero-order valence-electron chi connectivity index (χ0n) is 11.0. The van der Waals surface area contributed by atoms with E-state index in [1.807, 2.05) is 0 Å². The van der Waals surface area contributed by atoms with Crippen LogP contribution in [0, 0.1) is 5.21 Å². The molecule has 0 radical (unpaired) electrons. The third kappa shape index (κ3) is 2.80. The predicted octanol–water partition coefficient (Wildman–Crippen LogP) is 3.06. The molecule has 1 aromatic heterocycles. The zero-order valence-corrected chi connectivity index (χ0v) is 11.0. The maximum absolute atomic E-state index is 12.4. The van der Waals surface area contributed by atoms with Crippen LogP contribution < -0.4 is 9.64 Å².